The summed E-state index contributed by atoms with van der Waals surface area (Å²) in [5, 5.41) is 14.0. The van der Waals surface area contributed by atoms with Crippen molar-refractivity contribution in [2.24, 2.45) is 0 Å². The molecule has 1 aromatic rings. The number of carbonyl (C=O) groups is 2. The molecule has 1 aromatic carbocycles. The van der Waals surface area contributed by atoms with Crippen molar-refractivity contribution < 1.29 is 11.0 Å². The highest BCUT2D eigenvalue weighted by molar-refractivity contribution is 5.87. The summed E-state index contributed by atoms with van der Waals surface area (Å²) >= 11 is 0. The van der Waals surface area contributed by atoms with Gasteiger partial charge in [-0.3, -0.25) is 4.79 Å². The molecule has 1 fully saturated rings. The first-order valence-corrected chi connectivity index (χ1v) is 8.90. The fourth-order valence-electron chi connectivity index (χ4n) is 3.21. The molecule has 25 heavy (non-hydrogen) atoms. The molecule has 0 bridgehead atoms. The minimum absolute atomic E-state index is 0. The van der Waals surface area contributed by atoms with Crippen LogP contribution in [0.5, 0.6) is 0 Å². The molecular weight excluding hydrogens is 316 g/mol. The van der Waals surface area contributed by atoms with Gasteiger partial charge in [0.05, 0.1) is 6.07 Å². The molecule has 0 aromatic heterocycles. The van der Waals surface area contributed by atoms with E-state index < -0.39 is 6.04 Å². The molecule has 1 heterocycles. The van der Waals surface area contributed by atoms with Gasteiger partial charge in [-0.25, -0.2) is 4.79 Å². The molecule has 2 atom stereocenters. The van der Waals surface area contributed by atoms with E-state index in [0.717, 1.165) is 19.3 Å². The number of hydrogen-bond donors (Lipinski definition) is 2. The van der Waals surface area contributed by atoms with Crippen molar-refractivity contribution in [3.8, 4) is 6.07 Å². The Bertz CT molecular complexity index is 618. The van der Waals surface area contributed by atoms with Gasteiger partial charge in [-0.2, -0.15) is 5.26 Å². The van der Waals surface area contributed by atoms with Gasteiger partial charge in [-0.05, 0) is 24.8 Å². The van der Waals surface area contributed by atoms with E-state index in [2.05, 4.69) is 22.8 Å². The van der Waals surface area contributed by atoms with Gasteiger partial charge < -0.3 is 15.5 Å². The second-order valence-corrected chi connectivity index (χ2v) is 6.36. The largest absolute Gasteiger partial charge is 0.341 e. The number of amides is 3. The Morgan fingerprint density at radius 1 is 1.40 bits per heavy atom. The fraction of sp³-hybridized carbons (Fsp3) is 0.526. The van der Waals surface area contributed by atoms with Crippen molar-refractivity contribution in [3.05, 3.63) is 35.9 Å². The number of likely N-dealkylation sites (tertiary alicyclic amines) is 1. The first kappa shape index (κ1) is 18.8. The predicted molar refractivity (Wildman–Crippen MR) is 98.0 cm³/mol. The minimum atomic E-state index is -0.594. The number of hydrogen-bond acceptors (Lipinski definition) is 3. The number of piperidine rings is 1. The molecule has 1 aliphatic heterocycles. The van der Waals surface area contributed by atoms with E-state index in [1.165, 1.54) is 5.56 Å². The second-order valence-electron chi connectivity index (χ2n) is 6.36. The zero-order valence-electron chi connectivity index (χ0n) is 14.7. The van der Waals surface area contributed by atoms with Crippen molar-refractivity contribution in [1.82, 2.24) is 15.5 Å². The maximum absolute atomic E-state index is 12.6. The molecule has 3 amide bonds. The van der Waals surface area contributed by atoms with Crippen LogP contribution in [0, 0.1) is 11.3 Å². The molecule has 6 heteroatoms. The molecule has 2 rings (SSSR count). The smallest absolute Gasteiger partial charge is 0.318 e. The molecule has 136 valence electrons. The monoisotopic (exact) mass is 344 g/mol. The lowest BCUT2D eigenvalue weighted by atomic mass is 9.91. The average Bonchev–Trinajstić information content (AvgIpc) is 2.66. The molecule has 0 spiro atoms. The van der Waals surface area contributed by atoms with Crippen molar-refractivity contribution in [3.63, 3.8) is 0 Å². The predicted octanol–water partition coefficient (Wildman–Crippen LogP) is 2.63. The number of nitrogens with one attached hydrogen (secondary N) is 2. The third kappa shape index (κ3) is 5.49. The number of carbonyl (C=O) groups excluding carboxylic acids is 2. The topological polar surface area (TPSA) is 85.2 Å². The van der Waals surface area contributed by atoms with Crippen molar-refractivity contribution in [2.75, 3.05) is 19.6 Å². The van der Waals surface area contributed by atoms with Crippen molar-refractivity contribution >= 4 is 11.9 Å². The van der Waals surface area contributed by atoms with E-state index >= 15 is 0 Å². The van der Waals surface area contributed by atoms with Gasteiger partial charge in [-0.15, -0.1) is 0 Å². The zero-order chi connectivity index (χ0) is 18.1. The van der Waals surface area contributed by atoms with Crippen LogP contribution in [0.4, 0.5) is 4.79 Å². The molecule has 0 radical (unpaired) electrons. The Morgan fingerprint density at radius 3 is 2.84 bits per heavy atom. The summed E-state index contributed by atoms with van der Waals surface area (Å²) in [4.78, 5) is 26.5. The Kier molecular flexibility index (Phi) is 7.27. The summed E-state index contributed by atoms with van der Waals surface area (Å²) in [6, 6.07) is 11.3. The Balaban J connectivity index is 0.00000338. The van der Waals surface area contributed by atoms with Crippen LogP contribution >= 0.6 is 0 Å². The number of nitrogens with zero attached hydrogens (tertiary/aromatic N) is 2. The summed E-state index contributed by atoms with van der Waals surface area (Å²) in [6.45, 7) is 3.28. The normalized spacial score (nSPS) is 18.1. The minimum Gasteiger partial charge on any atom is -0.341 e. The maximum Gasteiger partial charge on any atom is 0.318 e. The summed E-state index contributed by atoms with van der Waals surface area (Å²) in [6.07, 6.45) is 3.34. The van der Waals surface area contributed by atoms with Gasteiger partial charge in [0, 0.05) is 20.4 Å². The maximum atomic E-state index is 12.6. The molecule has 0 aliphatic carbocycles. The van der Waals surface area contributed by atoms with Crippen LogP contribution in [0.25, 0.3) is 0 Å². The van der Waals surface area contributed by atoms with E-state index in [0.29, 0.717) is 25.4 Å². The van der Waals surface area contributed by atoms with Crippen molar-refractivity contribution in [1.29, 1.82) is 5.26 Å². The summed E-state index contributed by atoms with van der Waals surface area (Å²) in [5.74, 6) is 0.0334. The molecule has 2 N–H and O–H groups in total. The molecule has 1 saturated heterocycles. The van der Waals surface area contributed by atoms with E-state index in [1.54, 1.807) is 4.90 Å². The highest BCUT2D eigenvalue weighted by Gasteiger charge is 2.27. The van der Waals surface area contributed by atoms with Crippen LogP contribution in [-0.2, 0) is 4.79 Å². The Morgan fingerprint density at radius 2 is 2.16 bits per heavy atom. The van der Waals surface area contributed by atoms with Crippen LogP contribution in [0.3, 0.4) is 0 Å². The lowest BCUT2D eigenvalue weighted by molar-refractivity contribution is -0.122. The standard InChI is InChI=1S/C19H26N4O2.H2/c1-2-7-17(18(24)21-12-11-20)22-19(25)23-13-6-10-16(14-23)15-8-4-3-5-9-15;/h3-5,8-9,16-17H,2,6-7,10,12-14H2,1H3,(H,21,24)(H,22,25);1H/t16-,17?;/m1./s1. The fourth-order valence-corrected chi connectivity index (χ4v) is 3.21. The molecule has 1 aliphatic rings. The number of urea groups is 1. The van der Waals surface area contributed by atoms with Crippen LogP contribution in [-0.4, -0.2) is 42.5 Å². The highest BCUT2D eigenvalue weighted by Crippen LogP contribution is 2.26. The quantitative estimate of drug-likeness (QED) is 0.778. The third-order valence-corrected chi connectivity index (χ3v) is 4.51. The Labute approximate surface area is 150 Å². The van der Waals surface area contributed by atoms with Gasteiger partial charge in [0.15, 0.2) is 0 Å². The molecule has 6 nitrogen and oxygen atoms in total. The van der Waals surface area contributed by atoms with Gasteiger partial charge in [0.25, 0.3) is 0 Å². The SMILES string of the molecule is CCCC(NC(=O)N1CCC[C@@H](c2ccccc2)C1)C(=O)NCC#N.[HH]. The summed E-state index contributed by atoms with van der Waals surface area (Å²) in [7, 11) is 0. The number of benzene rings is 1. The van der Waals surface area contributed by atoms with Crippen molar-refractivity contribution in [2.45, 2.75) is 44.6 Å². The highest BCUT2D eigenvalue weighted by atomic mass is 16.2. The summed E-state index contributed by atoms with van der Waals surface area (Å²) in [5.41, 5.74) is 1.25. The first-order chi connectivity index (χ1) is 12.2. The van der Waals surface area contributed by atoms with E-state index in [-0.39, 0.29) is 19.9 Å². The summed E-state index contributed by atoms with van der Waals surface area (Å²) < 4.78 is 0. The lowest BCUT2D eigenvalue weighted by Gasteiger charge is -2.34. The lowest BCUT2D eigenvalue weighted by Crippen LogP contribution is -2.53. The van der Waals surface area contributed by atoms with Gasteiger partial charge >= 0.3 is 6.03 Å². The zero-order valence-corrected chi connectivity index (χ0v) is 14.7. The number of nitriles is 1. The van der Waals surface area contributed by atoms with Crippen LogP contribution in [0.1, 0.15) is 45.5 Å². The van der Waals surface area contributed by atoms with E-state index in [1.807, 2.05) is 31.2 Å². The van der Waals surface area contributed by atoms with E-state index in [4.69, 9.17) is 5.26 Å². The van der Waals surface area contributed by atoms with Gasteiger partial charge in [0.2, 0.25) is 5.91 Å². The van der Waals surface area contributed by atoms with Crippen LogP contribution in [0.15, 0.2) is 30.3 Å². The molecule has 0 saturated carbocycles. The van der Waals surface area contributed by atoms with Gasteiger partial charge in [-0.1, -0.05) is 43.7 Å². The first-order valence-electron chi connectivity index (χ1n) is 8.90. The molecular formula is C19H28N4O2. The van der Waals surface area contributed by atoms with Gasteiger partial charge in [0.1, 0.15) is 12.6 Å². The van der Waals surface area contributed by atoms with Crippen LogP contribution < -0.4 is 10.6 Å². The Hall–Kier alpha value is -2.55. The second kappa shape index (κ2) is 9.67. The van der Waals surface area contributed by atoms with E-state index in [9.17, 15) is 9.59 Å². The molecule has 1 unspecified atom stereocenters. The average molecular weight is 344 g/mol. The number of rotatable bonds is 6. The van der Waals surface area contributed by atoms with Crippen LogP contribution in [0.2, 0.25) is 0 Å². The third-order valence-electron chi connectivity index (χ3n) is 4.51.